The number of hydrogen-bond donors (Lipinski definition) is 2. The van der Waals surface area contributed by atoms with E-state index in [2.05, 4.69) is 49.8 Å². The van der Waals surface area contributed by atoms with Gasteiger partial charge >= 0.3 is 0 Å². The molecule has 0 aliphatic carbocycles. The van der Waals surface area contributed by atoms with Crippen LogP contribution in [0, 0.1) is 0 Å². The van der Waals surface area contributed by atoms with Gasteiger partial charge in [0.05, 0.1) is 5.69 Å². The number of thiophene rings is 1. The Kier molecular flexibility index (Phi) is 3.56. The number of aromatic nitrogens is 2. The van der Waals surface area contributed by atoms with E-state index in [9.17, 15) is 0 Å². The van der Waals surface area contributed by atoms with Gasteiger partial charge in [-0.05, 0) is 35.0 Å². The standard InChI is InChI=1S/C10H12BrN3S/c1-7(10-2-3-13-14-10)12-5-9-4-8(11)6-15-9/h2-4,6-7,12H,5H2,1H3,(H,13,14). The normalized spacial score (nSPS) is 12.9. The molecule has 0 aromatic carbocycles. The van der Waals surface area contributed by atoms with Gasteiger partial charge in [-0.15, -0.1) is 11.3 Å². The summed E-state index contributed by atoms with van der Waals surface area (Å²) in [5, 5.41) is 12.4. The average molecular weight is 286 g/mol. The largest absolute Gasteiger partial charge is 0.304 e. The maximum Gasteiger partial charge on any atom is 0.0518 e. The maximum absolute atomic E-state index is 3.93. The van der Waals surface area contributed by atoms with Crippen molar-refractivity contribution >= 4 is 27.3 Å². The van der Waals surface area contributed by atoms with Crippen LogP contribution in [0.3, 0.4) is 0 Å². The van der Waals surface area contributed by atoms with Gasteiger partial charge in [0.25, 0.3) is 0 Å². The zero-order valence-corrected chi connectivity index (χ0v) is 10.7. The van der Waals surface area contributed by atoms with Gasteiger partial charge < -0.3 is 5.32 Å². The highest BCUT2D eigenvalue weighted by Gasteiger charge is 2.06. The van der Waals surface area contributed by atoms with Crippen molar-refractivity contribution in [3.63, 3.8) is 0 Å². The molecule has 2 aromatic heterocycles. The Balaban J connectivity index is 1.88. The number of nitrogens with one attached hydrogen (secondary N) is 2. The second-order valence-corrected chi connectivity index (χ2v) is 5.26. The molecule has 15 heavy (non-hydrogen) atoms. The molecular formula is C10H12BrN3S. The fraction of sp³-hybridized carbons (Fsp3) is 0.300. The van der Waals surface area contributed by atoms with E-state index in [4.69, 9.17) is 0 Å². The van der Waals surface area contributed by atoms with E-state index in [1.807, 2.05) is 6.07 Å². The molecule has 2 aromatic rings. The van der Waals surface area contributed by atoms with Gasteiger partial charge in [0.1, 0.15) is 0 Å². The summed E-state index contributed by atoms with van der Waals surface area (Å²) in [4.78, 5) is 1.33. The fourth-order valence-corrected chi connectivity index (χ4v) is 2.72. The summed E-state index contributed by atoms with van der Waals surface area (Å²) < 4.78 is 1.15. The zero-order valence-electron chi connectivity index (χ0n) is 8.33. The lowest BCUT2D eigenvalue weighted by atomic mass is 10.2. The van der Waals surface area contributed by atoms with Gasteiger partial charge in [0.2, 0.25) is 0 Å². The van der Waals surface area contributed by atoms with Gasteiger partial charge in [-0.2, -0.15) is 5.10 Å². The number of H-pyrrole nitrogens is 1. The molecule has 0 bridgehead atoms. The Morgan fingerprint density at radius 1 is 1.67 bits per heavy atom. The molecule has 2 N–H and O–H groups in total. The van der Waals surface area contributed by atoms with Crippen LogP contribution in [0.2, 0.25) is 0 Å². The molecule has 0 aliphatic heterocycles. The smallest absolute Gasteiger partial charge is 0.0518 e. The topological polar surface area (TPSA) is 40.7 Å². The molecule has 0 aliphatic rings. The van der Waals surface area contributed by atoms with E-state index in [1.165, 1.54) is 4.88 Å². The van der Waals surface area contributed by atoms with E-state index in [0.717, 1.165) is 16.7 Å². The Morgan fingerprint density at radius 3 is 3.13 bits per heavy atom. The molecule has 1 unspecified atom stereocenters. The first-order valence-corrected chi connectivity index (χ1v) is 6.38. The molecule has 0 fully saturated rings. The summed E-state index contributed by atoms with van der Waals surface area (Å²) in [5.74, 6) is 0. The third-order valence-electron chi connectivity index (χ3n) is 2.19. The minimum absolute atomic E-state index is 0.299. The van der Waals surface area contributed by atoms with Crippen molar-refractivity contribution in [1.82, 2.24) is 15.5 Å². The summed E-state index contributed by atoms with van der Waals surface area (Å²) in [5.41, 5.74) is 1.12. The molecule has 1 atom stereocenters. The zero-order chi connectivity index (χ0) is 10.7. The van der Waals surface area contributed by atoms with Gasteiger partial charge in [0.15, 0.2) is 0 Å². The highest BCUT2D eigenvalue weighted by molar-refractivity contribution is 9.10. The quantitative estimate of drug-likeness (QED) is 0.906. The number of halogens is 1. The van der Waals surface area contributed by atoms with Crippen molar-refractivity contribution in [1.29, 1.82) is 0 Å². The second kappa shape index (κ2) is 4.92. The van der Waals surface area contributed by atoms with Crippen molar-refractivity contribution in [3.05, 3.63) is 38.8 Å². The van der Waals surface area contributed by atoms with Crippen LogP contribution in [0.15, 0.2) is 28.2 Å². The minimum Gasteiger partial charge on any atom is -0.304 e. The number of rotatable bonds is 4. The maximum atomic E-state index is 3.93. The van der Waals surface area contributed by atoms with Crippen molar-refractivity contribution in [3.8, 4) is 0 Å². The van der Waals surface area contributed by atoms with E-state index >= 15 is 0 Å². The monoisotopic (exact) mass is 285 g/mol. The lowest BCUT2D eigenvalue weighted by Crippen LogP contribution is -2.17. The molecule has 80 valence electrons. The van der Waals surface area contributed by atoms with Crippen molar-refractivity contribution in [2.24, 2.45) is 0 Å². The van der Waals surface area contributed by atoms with Crippen LogP contribution < -0.4 is 5.32 Å². The predicted octanol–water partition coefficient (Wildman–Crippen LogP) is 3.08. The third-order valence-corrected chi connectivity index (χ3v) is 3.89. The molecular weight excluding hydrogens is 274 g/mol. The Bertz CT molecular complexity index is 410. The van der Waals surface area contributed by atoms with Gasteiger partial charge in [-0.1, -0.05) is 0 Å². The van der Waals surface area contributed by atoms with Crippen LogP contribution in [0.1, 0.15) is 23.5 Å². The Morgan fingerprint density at radius 2 is 2.53 bits per heavy atom. The second-order valence-electron chi connectivity index (χ2n) is 3.35. The van der Waals surface area contributed by atoms with Crippen LogP contribution in [0.5, 0.6) is 0 Å². The Hall–Kier alpha value is -0.650. The summed E-state index contributed by atoms with van der Waals surface area (Å²) in [6, 6.07) is 4.42. The minimum atomic E-state index is 0.299. The van der Waals surface area contributed by atoms with Crippen LogP contribution in [0.4, 0.5) is 0 Å². The Labute approximate surface area is 101 Å². The highest BCUT2D eigenvalue weighted by atomic mass is 79.9. The van der Waals surface area contributed by atoms with Gasteiger partial charge in [0, 0.05) is 33.5 Å². The fourth-order valence-electron chi connectivity index (χ4n) is 1.32. The molecule has 0 saturated carbocycles. The highest BCUT2D eigenvalue weighted by Crippen LogP contribution is 2.20. The molecule has 2 rings (SSSR count). The summed E-state index contributed by atoms with van der Waals surface area (Å²) >= 11 is 5.20. The molecule has 0 radical (unpaired) electrons. The van der Waals surface area contributed by atoms with E-state index in [1.54, 1.807) is 17.5 Å². The summed E-state index contributed by atoms with van der Waals surface area (Å²) in [6.07, 6.45) is 1.77. The lowest BCUT2D eigenvalue weighted by Gasteiger charge is -2.10. The predicted molar refractivity (Wildman–Crippen MR) is 65.9 cm³/mol. The van der Waals surface area contributed by atoms with Crippen molar-refractivity contribution in [2.75, 3.05) is 0 Å². The molecule has 2 heterocycles. The van der Waals surface area contributed by atoms with Crippen LogP contribution in [0.25, 0.3) is 0 Å². The molecule has 3 nitrogen and oxygen atoms in total. The van der Waals surface area contributed by atoms with Gasteiger partial charge in [-0.25, -0.2) is 0 Å². The first-order valence-electron chi connectivity index (χ1n) is 4.71. The van der Waals surface area contributed by atoms with Crippen LogP contribution in [-0.2, 0) is 6.54 Å². The lowest BCUT2D eigenvalue weighted by molar-refractivity contribution is 0.564. The van der Waals surface area contributed by atoms with Crippen molar-refractivity contribution in [2.45, 2.75) is 19.5 Å². The molecule has 0 spiro atoms. The van der Waals surface area contributed by atoms with E-state index < -0.39 is 0 Å². The molecule has 5 heteroatoms. The van der Waals surface area contributed by atoms with E-state index in [0.29, 0.717) is 6.04 Å². The number of aromatic amines is 1. The number of hydrogen-bond acceptors (Lipinski definition) is 3. The first-order chi connectivity index (χ1) is 7.25. The third kappa shape index (κ3) is 2.90. The van der Waals surface area contributed by atoms with Gasteiger partial charge in [-0.3, -0.25) is 5.10 Å². The van der Waals surface area contributed by atoms with Crippen LogP contribution >= 0.6 is 27.3 Å². The summed E-state index contributed by atoms with van der Waals surface area (Å²) in [7, 11) is 0. The first kappa shape index (κ1) is 10.9. The SMILES string of the molecule is CC(NCc1cc(Br)cs1)c1ccn[nH]1. The summed E-state index contributed by atoms with van der Waals surface area (Å²) in [6.45, 7) is 3.01. The van der Waals surface area contributed by atoms with Crippen LogP contribution in [-0.4, -0.2) is 10.2 Å². The molecule has 0 saturated heterocycles. The van der Waals surface area contributed by atoms with E-state index in [-0.39, 0.29) is 0 Å². The molecule has 0 amide bonds. The number of nitrogens with zero attached hydrogens (tertiary/aromatic N) is 1. The van der Waals surface area contributed by atoms with Crippen molar-refractivity contribution < 1.29 is 0 Å². The average Bonchev–Trinajstić information content (AvgIpc) is 2.84.